The molecular formula is C21H21FN4O. The quantitative estimate of drug-likeness (QED) is 0.734. The van der Waals surface area contributed by atoms with Crippen LogP contribution in [0.3, 0.4) is 0 Å². The van der Waals surface area contributed by atoms with Crippen LogP contribution < -0.4 is 5.32 Å². The number of hydrogen-bond acceptors (Lipinski definition) is 4. The minimum atomic E-state index is -0.556. The van der Waals surface area contributed by atoms with Crippen LogP contribution in [0, 0.1) is 5.82 Å². The van der Waals surface area contributed by atoms with Crippen molar-refractivity contribution >= 4 is 0 Å². The Morgan fingerprint density at radius 3 is 2.59 bits per heavy atom. The van der Waals surface area contributed by atoms with Gasteiger partial charge in [-0.1, -0.05) is 29.5 Å². The van der Waals surface area contributed by atoms with Gasteiger partial charge in [-0.25, -0.2) is 9.07 Å². The molecule has 5 rings (SSSR count). The number of piperidine rings is 1. The molecule has 0 bridgehead atoms. The van der Waals surface area contributed by atoms with E-state index >= 15 is 0 Å². The van der Waals surface area contributed by atoms with Crippen molar-refractivity contribution in [3.05, 3.63) is 71.7 Å². The van der Waals surface area contributed by atoms with Crippen molar-refractivity contribution in [1.82, 2.24) is 20.3 Å². The summed E-state index contributed by atoms with van der Waals surface area (Å²) in [5.74, 6) is -0.279. The van der Waals surface area contributed by atoms with E-state index in [1.54, 1.807) is 16.8 Å². The van der Waals surface area contributed by atoms with Crippen LogP contribution in [-0.4, -0.2) is 39.3 Å². The summed E-state index contributed by atoms with van der Waals surface area (Å²) in [7, 11) is 0. The molecule has 1 aromatic heterocycles. The molecule has 6 heteroatoms. The molecule has 1 spiro atoms. The molecule has 2 heterocycles. The number of rotatable bonds is 2. The molecule has 0 saturated carbocycles. The van der Waals surface area contributed by atoms with Crippen LogP contribution in [0.1, 0.15) is 30.0 Å². The van der Waals surface area contributed by atoms with Gasteiger partial charge in [0.2, 0.25) is 0 Å². The van der Waals surface area contributed by atoms with Gasteiger partial charge in [0, 0.05) is 11.0 Å². The van der Waals surface area contributed by atoms with Gasteiger partial charge >= 0.3 is 0 Å². The normalized spacial score (nSPS) is 23.5. The summed E-state index contributed by atoms with van der Waals surface area (Å²) >= 11 is 0. The second-order valence-electron chi connectivity index (χ2n) is 7.47. The van der Waals surface area contributed by atoms with E-state index in [2.05, 4.69) is 27.8 Å². The van der Waals surface area contributed by atoms with E-state index in [1.807, 2.05) is 18.3 Å². The Morgan fingerprint density at radius 2 is 1.81 bits per heavy atom. The number of nitrogens with one attached hydrogen (secondary N) is 1. The Labute approximate surface area is 156 Å². The molecule has 0 amide bonds. The summed E-state index contributed by atoms with van der Waals surface area (Å²) in [4.78, 5) is 0. The fourth-order valence-electron chi connectivity index (χ4n) is 4.73. The van der Waals surface area contributed by atoms with Crippen LogP contribution in [0.25, 0.3) is 11.3 Å². The van der Waals surface area contributed by atoms with Crippen LogP contribution in [0.15, 0.2) is 54.7 Å². The molecule has 1 fully saturated rings. The van der Waals surface area contributed by atoms with Crippen LogP contribution in [-0.2, 0) is 5.41 Å². The average molecular weight is 364 g/mol. The summed E-state index contributed by atoms with van der Waals surface area (Å²) in [6.07, 6.45) is 3.10. The summed E-state index contributed by atoms with van der Waals surface area (Å²) < 4.78 is 15.0. The van der Waals surface area contributed by atoms with E-state index < -0.39 is 6.10 Å². The third-order valence-electron chi connectivity index (χ3n) is 6.11. The average Bonchev–Trinajstić information content (AvgIpc) is 3.26. The van der Waals surface area contributed by atoms with Crippen molar-refractivity contribution in [2.45, 2.75) is 30.4 Å². The van der Waals surface area contributed by atoms with Gasteiger partial charge < -0.3 is 10.4 Å². The Kier molecular flexibility index (Phi) is 3.84. The zero-order chi connectivity index (χ0) is 18.4. The van der Waals surface area contributed by atoms with Gasteiger partial charge in [0.1, 0.15) is 17.6 Å². The lowest BCUT2D eigenvalue weighted by atomic mass is 9.72. The summed E-state index contributed by atoms with van der Waals surface area (Å²) in [6, 6.07) is 14.2. The fraction of sp³-hybridized carbons (Fsp3) is 0.333. The molecule has 2 N–H and O–H groups in total. The first-order valence-electron chi connectivity index (χ1n) is 9.35. The van der Waals surface area contributed by atoms with Crippen molar-refractivity contribution in [1.29, 1.82) is 0 Å². The van der Waals surface area contributed by atoms with Gasteiger partial charge in [-0.15, -0.1) is 5.10 Å². The summed E-state index contributed by atoms with van der Waals surface area (Å²) in [5.41, 5.74) is 3.57. The fourth-order valence-corrected chi connectivity index (χ4v) is 4.73. The second-order valence-corrected chi connectivity index (χ2v) is 7.47. The van der Waals surface area contributed by atoms with E-state index in [-0.39, 0.29) is 17.3 Å². The van der Waals surface area contributed by atoms with E-state index in [1.165, 1.54) is 17.7 Å². The topological polar surface area (TPSA) is 63.0 Å². The van der Waals surface area contributed by atoms with E-state index in [0.717, 1.165) is 37.1 Å². The van der Waals surface area contributed by atoms with Crippen molar-refractivity contribution < 1.29 is 9.50 Å². The maximum Gasteiger partial charge on any atom is 0.123 e. The first-order valence-corrected chi connectivity index (χ1v) is 9.35. The second kappa shape index (κ2) is 6.25. The number of halogens is 1. The molecule has 27 heavy (non-hydrogen) atoms. The van der Waals surface area contributed by atoms with Crippen molar-refractivity contribution in [2.75, 3.05) is 13.1 Å². The number of aliphatic hydroxyl groups is 1. The molecule has 1 saturated heterocycles. The lowest BCUT2D eigenvalue weighted by molar-refractivity contribution is 0.0421. The van der Waals surface area contributed by atoms with Gasteiger partial charge in [0.25, 0.3) is 0 Å². The predicted octanol–water partition coefficient (Wildman–Crippen LogP) is 2.67. The van der Waals surface area contributed by atoms with Crippen LogP contribution in [0.4, 0.5) is 4.39 Å². The minimum absolute atomic E-state index is 0.242. The largest absolute Gasteiger partial charge is 0.390 e. The van der Waals surface area contributed by atoms with Gasteiger partial charge in [-0.2, -0.15) is 0 Å². The summed E-state index contributed by atoms with van der Waals surface area (Å²) in [6.45, 7) is 1.80. The number of fused-ring (bicyclic) bond motifs is 2. The highest BCUT2D eigenvalue weighted by molar-refractivity contribution is 5.57. The molecule has 0 unspecified atom stereocenters. The Bertz CT molecular complexity index is 962. The van der Waals surface area contributed by atoms with E-state index in [9.17, 15) is 9.50 Å². The van der Waals surface area contributed by atoms with E-state index in [0.29, 0.717) is 5.69 Å². The molecule has 5 nitrogen and oxygen atoms in total. The zero-order valence-electron chi connectivity index (χ0n) is 14.8. The van der Waals surface area contributed by atoms with Gasteiger partial charge in [-0.3, -0.25) is 0 Å². The van der Waals surface area contributed by atoms with Gasteiger partial charge in [-0.05, 0) is 61.3 Å². The molecule has 1 aliphatic carbocycles. The molecule has 138 valence electrons. The smallest absolute Gasteiger partial charge is 0.123 e. The molecule has 1 aliphatic heterocycles. The monoisotopic (exact) mass is 364 g/mol. The SMILES string of the molecule is O[C@@H]1[C@@H](n2cc(-c3ccc(F)cc3)nn2)c2ccccc2C12CCNCC2. The number of aliphatic hydroxyl groups excluding tert-OH is 1. The van der Waals surface area contributed by atoms with Crippen molar-refractivity contribution in [2.24, 2.45) is 0 Å². The van der Waals surface area contributed by atoms with Crippen LogP contribution >= 0.6 is 0 Å². The molecule has 0 radical (unpaired) electrons. The Balaban J connectivity index is 1.56. The van der Waals surface area contributed by atoms with Crippen LogP contribution in [0.2, 0.25) is 0 Å². The first kappa shape index (κ1) is 16.6. The number of nitrogens with zero attached hydrogens (tertiary/aromatic N) is 3. The first-order chi connectivity index (χ1) is 13.2. The van der Waals surface area contributed by atoms with Gasteiger partial charge in [0.15, 0.2) is 0 Å². The predicted molar refractivity (Wildman–Crippen MR) is 99.8 cm³/mol. The Morgan fingerprint density at radius 1 is 1.07 bits per heavy atom. The third kappa shape index (κ3) is 2.51. The maximum atomic E-state index is 13.2. The zero-order valence-corrected chi connectivity index (χ0v) is 14.8. The Hall–Kier alpha value is -2.57. The lowest BCUT2D eigenvalue weighted by Gasteiger charge is -2.38. The lowest BCUT2D eigenvalue weighted by Crippen LogP contribution is -2.47. The molecule has 2 aliphatic rings. The minimum Gasteiger partial charge on any atom is -0.390 e. The van der Waals surface area contributed by atoms with Gasteiger partial charge in [0.05, 0.1) is 12.3 Å². The molecular weight excluding hydrogens is 343 g/mol. The standard InChI is InChI=1S/C21H21FN4O/c22-15-7-5-14(6-8-15)18-13-26(25-24-18)19-16-3-1-2-4-17(16)21(20(19)27)9-11-23-12-10-21/h1-8,13,19-20,23,27H,9-12H2/t19-,20+/m0/s1. The molecule has 2 atom stereocenters. The number of hydrogen-bond donors (Lipinski definition) is 2. The highest BCUT2D eigenvalue weighted by atomic mass is 19.1. The van der Waals surface area contributed by atoms with Crippen LogP contribution in [0.5, 0.6) is 0 Å². The third-order valence-corrected chi connectivity index (χ3v) is 6.11. The molecule has 3 aromatic rings. The maximum absolute atomic E-state index is 13.2. The number of benzene rings is 2. The summed E-state index contributed by atoms with van der Waals surface area (Å²) in [5, 5.41) is 23.4. The van der Waals surface area contributed by atoms with Crippen molar-refractivity contribution in [3.63, 3.8) is 0 Å². The molecule has 2 aromatic carbocycles. The highest BCUT2D eigenvalue weighted by Crippen LogP contribution is 2.51. The van der Waals surface area contributed by atoms with Crippen molar-refractivity contribution in [3.8, 4) is 11.3 Å². The van der Waals surface area contributed by atoms with E-state index in [4.69, 9.17) is 0 Å². The highest BCUT2D eigenvalue weighted by Gasteiger charge is 2.52. The number of aromatic nitrogens is 3.